The molecule has 11 rings (SSSR count). The first-order chi connectivity index (χ1) is 41.3. The minimum Gasteiger partial charge on any atom is -0.454 e. The molecular weight excluding hydrogens is 1140 g/mol. The van der Waals surface area contributed by atoms with E-state index in [-0.39, 0.29) is 49.4 Å². The lowest BCUT2D eigenvalue weighted by Crippen LogP contribution is -2.62. The van der Waals surface area contributed by atoms with Gasteiger partial charge >= 0.3 is 5.97 Å². The van der Waals surface area contributed by atoms with Crippen molar-refractivity contribution in [3.8, 4) is 0 Å². The van der Waals surface area contributed by atoms with Crippen LogP contribution in [0.15, 0.2) is 11.6 Å². The van der Waals surface area contributed by atoms with Gasteiger partial charge in [-0.1, -0.05) is 25.5 Å². The van der Waals surface area contributed by atoms with Gasteiger partial charge in [0, 0.05) is 59.4 Å². The Bertz CT molecular complexity index is 2330. The van der Waals surface area contributed by atoms with Gasteiger partial charge in [0.1, 0.15) is 42.7 Å². The van der Waals surface area contributed by atoms with E-state index in [4.69, 9.17) is 85.3 Å². The Hall–Kier alpha value is -1.67. The van der Waals surface area contributed by atoms with Gasteiger partial charge in [-0.25, -0.2) is 0 Å². The number of esters is 1. The number of rotatable bonds is 15. The Balaban J connectivity index is 0.640. The SMILES string of the molecule is CO[C@H]1[C@@H](O)[C@@H](C)O[C@@H](O[C@H]2[C@@H](OC)C[C@H](O[C@H]3[C@H](O)C[C@H](O[C@H]4[C@@H](O)C[C@H](O[C@@H]5[C@@H](C)O[C@@]6(C[C@H]5OC)OCO[C@@H]5C[C@H](O[C@@H](C)[C@@]7(O)CC[C@H]8[C@@H]9CC=C%10C[C@@H](O)CC[C@]%10(C)[C@H]9CC[C@@]87C)O[C@H](C)[C@H]5O6)O[C@@H]4C)O[C@@H]3C)O[C@@H]2C)[C@@H]1OC(C)=O. The average Bonchev–Trinajstić information content (AvgIpc) is 1.64. The lowest BCUT2D eigenvalue weighted by molar-refractivity contribution is -0.447. The fourth-order valence-electron chi connectivity index (χ4n) is 17.7. The van der Waals surface area contributed by atoms with E-state index in [1.54, 1.807) is 34.8 Å². The van der Waals surface area contributed by atoms with Crippen molar-refractivity contribution in [3.63, 3.8) is 0 Å². The molecule has 33 atom stereocenters. The molecule has 0 bridgehead atoms. The van der Waals surface area contributed by atoms with Crippen LogP contribution in [0.1, 0.15) is 153 Å². The number of carbonyl (C=O) groups is 1. The molecule has 7 aliphatic heterocycles. The number of methoxy groups -OCH3 is 3. The third-order valence-corrected chi connectivity index (χ3v) is 22.5. The molecule has 24 heteroatoms. The van der Waals surface area contributed by atoms with Crippen molar-refractivity contribution >= 4 is 5.97 Å². The summed E-state index contributed by atoms with van der Waals surface area (Å²) in [6, 6.07) is 0. The highest BCUT2D eigenvalue weighted by molar-refractivity contribution is 5.66. The normalized spacial score (nSPS) is 53.2. The number of allylic oxidation sites excluding steroid dienone is 1. The fourth-order valence-corrected chi connectivity index (χ4v) is 17.7. The van der Waals surface area contributed by atoms with Gasteiger partial charge in [0.25, 0.3) is 5.97 Å². The zero-order valence-corrected chi connectivity index (χ0v) is 53.2. The van der Waals surface area contributed by atoms with E-state index >= 15 is 0 Å². The summed E-state index contributed by atoms with van der Waals surface area (Å²) in [6.07, 6.45) is -8.90. The maximum Gasteiger partial charge on any atom is 0.303 e. The van der Waals surface area contributed by atoms with Gasteiger partial charge in [0.15, 0.2) is 44.3 Å². The van der Waals surface area contributed by atoms with Crippen LogP contribution in [0.2, 0.25) is 0 Å². The molecule has 0 aromatic carbocycles. The van der Waals surface area contributed by atoms with Gasteiger partial charge < -0.3 is 111 Å². The minimum absolute atomic E-state index is 0.0234. The van der Waals surface area contributed by atoms with Crippen molar-refractivity contribution in [2.75, 3.05) is 28.1 Å². The summed E-state index contributed by atoms with van der Waals surface area (Å²) >= 11 is 0. The fraction of sp³-hybridized carbons (Fsp3) is 0.952. The van der Waals surface area contributed by atoms with Gasteiger partial charge in [-0.05, 0) is 123 Å². The Morgan fingerprint density at radius 3 is 1.87 bits per heavy atom. The highest BCUT2D eigenvalue weighted by Crippen LogP contribution is 2.68. The summed E-state index contributed by atoms with van der Waals surface area (Å²) in [4.78, 5) is 12.1. The molecule has 7 heterocycles. The number of aliphatic hydroxyl groups is 5. The first-order valence-corrected chi connectivity index (χ1v) is 32.4. The Morgan fingerprint density at radius 2 is 1.24 bits per heavy atom. The van der Waals surface area contributed by atoms with Gasteiger partial charge in [0.2, 0.25) is 0 Å². The van der Waals surface area contributed by atoms with Crippen molar-refractivity contribution in [1.82, 2.24) is 0 Å². The molecule has 10 fully saturated rings. The van der Waals surface area contributed by atoms with Crippen molar-refractivity contribution in [2.45, 2.75) is 324 Å². The highest BCUT2D eigenvalue weighted by Gasteiger charge is 2.66. The zero-order valence-electron chi connectivity index (χ0n) is 53.2. The second-order valence-corrected chi connectivity index (χ2v) is 27.7. The molecule has 0 unspecified atom stereocenters. The van der Waals surface area contributed by atoms with Crippen LogP contribution in [0.3, 0.4) is 0 Å². The quantitative estimate of drug-likeness (QED) is 0.111. The molecule has 5 N–H and O–H groups in total. The van der Waals surface area contributed by atoms with Gasteiger partial charge in [-0.2, -0.15) is 0 Å². The molecular formula is C63H102O24. The van der Waals surface area contributed by atoms with Crippen LogP contribution >= 0.6 is 0 Å². The minimum atomic E-state index is -1.57. The first-order valence-electron chi connectivity index (χ1n) is 32.4. The summed E-state index contributed by atoms with van der Waals surface area (Å²) in [7, 11) is 4.53. The molecule has 3 saturated carbocycles. The number of fused-ring (bicyclic) bond motifs is 6. The summed E-state index contributed by atoms with van der Waals surface area (Å²) in [5.41, 5.74) is 0.202. The Kier molecular flexibility index (Phi) is 20.4. The van der Waals surface area contributed by atoms with Crippen LogP contribution in [-0.2, 0) is 90.1 Å². The van der Waals surface area contributed by atoms with Crippen molar-refractivity contribution in [2.24, 2.45) is 28.6 Å². The van der Waals surface area contributed by atoms with Crippen LogP contribution in [0.4, 0.5) is 0 Å². The molecule has 1 spiro atoms. The summed E-state index contributed by atoms with van der Waals surface area (Å²) in [5, 5.41) is 57.2. The topological polar surface area (TPSA) is 284 Å². The maximum absolute atomic E-state index is 12.8. The average molecular weight is 1240 g/mol. The van der Waals surface area contributed by atoms with Gasteiger partial charge in [-0.3, -0.25) is 4.79 Å². The van der Waals surface area contributed by atoms with Gasteiger partial charge in [0.05, 0.1) is 91.4 Å². The van der Waals surface area contributed by atoms with E-state index in [0.29, 0.717) is 30.6 Å². The lowest BCUT2D eigenvalue weighted by Gasteiger charge is -2.59. The number of hydrogen-bond donors (Lipinski definition) is 5. The van der Waals surface area contributed by atoms with Crippen LogP contribution < -0.4 is 0 Å². The monoisotopic (exact) mass is 1240 g/mol. The molecule has 0 aromatic rings. The lowest BCUT2D eigenvalue weighted by atomic mass is 9.46. The van der Waals surface area contributed by atoms with Crippen LogP contribution in [-0.4, -0.2) is 231 Å². The molecule has 498 valence electrons. The standard InChI is InChI=1S/C63H102O24/c1-29-51(68)57(72-13)58(81-36(8)64)59(79-29)85-54-32(4)77-50(25-44(54)70-11)83-53-31(3)75-47(23-42(53)66)82-52-30(2)76-48(24-43(52)67)84-55-34(6)86-63(27-46(55)71-12)74-28-73-45-26-49(78-33(5)56(45)87-63)80-35(7)62(69)21-18-41-39-15-14-37-22-38(65)16-19-60(37,9)40(39)17-20-61(41,62)10/h14,29-35,38-59,65-69H,15-28H2,1-13H3/t29-,30-,31-,32-,33-,34-,35+,38+,39-,40+,41+,42-,43+,44+,45-,46-,47+,48+,49+,50+,51+,52-,53-,54-,55-,56-,57+,58-,59+,60+,61+,62+,63-/m1/s1. The van der Waals surface area contributed by atoms with Crippen LogP contribution in [0.25, 0.3) is 0 Å². The van der Waals surface area contributed by atoms with Crippen LogP contribution in [0.5, 0.6) is 0 Å². The van der Waals surface area contributed by atoms with Crippen molar-refractivity contribution in [1.29, 1.82) is 0 Å². The molecule has 7 saturated heterocycles. The van der Waals surface area contributed by atoms with E-state index < -0.39 is 171 Å². The Labute approximate surface area is 512 Å². The summed E-state index contributed by atoms with van der Waals surface area (Å²) in [5.74, 6) is -0.738. The first kappa shape index (κ1) is 66.8. The molecule has 24 nitrogen and oxygen atoms in total. The maximum atomic E-state index is 12.8. The van der Waals surface area contributed by atoms with E-state index in [2.05, 4.69) is 19.9 Å². The zero-order chi connectivity index (χ0) is 62.2. The third-order valence-electron chi connectivity index (χ3n) is 22.5. The molecule has 0 radical (unpaired) electrons. The van der Waals surface area contributed by atoms with Crippen molar-refractivity contribution < 1.29 is 116 Å². The smallest absolute Gasteiger partial charge is 0.303 e. The predicted molar refractivity (Wildman–Crippen MR) is 302 cm³/mol. The molecule has 0 aromatic heterocycles. The van der Waals surface area contributed by atoms with Crippen LogP contribution in [0, 0.1) is 28.6 Å². The molecule has 4 aliphatic carbocycles. The third kappa shape index (κ3) is 12.9. The van der Waals surface area contributed by atoms with E-state index in [9.17, 15) is 30.3 Å². The summed E-state index contributed by atoms with van der Waals surface area (Å²) < 4.78 is 113. The predicted octanol–water partition coefficient (Wildman–Crippen LogP) is 4.55. The van der Waals surface area contributed by atoms with E-state index in [1.807, 2.05) is 20.8 Å². The summed E-state index contributed by atoms with van der Waals surface area (Å²) in [6.45, 7) is 18.6. The number of ether oxygens (including phenoxy) is 18. The molecule has 0 amide bonds. The van der Waals surface area contributed by atoms with Gasteiger partial charge in [-0.15, -0.1) is 0 Å². The number of hydrogen-bond acceptors (Lipinski definition) is 24. The number of aliphatic hydroxyl groups excluding tert-OH is 4. The molecule has 11 aliphatic rings. The van der Waals surface area contributed by atoms with Crippen molar-refractivity contribution in [3.05, 3.63) is 11.6 Å². The second kappa shape index (κ2) is 26.6. The largest absolute Gasteiger partial charge is 0.454 e. The highest BCUT2D eigenvalue weighted by atomic mass is 16.9. The van der Waals surface area contributed by atoms with E-state index in [0.717, 1.165) is 44.9 Å². The van der Waals surface area contributed by atoms with E-state index in [1.165, 1.54) is 26.7 Å². The molecule has 87 heavy (non-hydrogen) atoms. The second-order valence-electron chi connectivity index (χ2n) is 27.7. The Morgan fingerprint density at radius 1 is 0.632 bits per heavy atom. The number of carbonyl (C=O) groups excluding carboxylic acids is 1.